The van der Waals surface area contributed by atoms with E-state index in [-0.39, 0.29) is 18.4 Å². The molecule has 0 saturated carbocycles. The molecule has 7 heteroatoms. The van der Waals surface area contributed by atoms with Gasteiger partial charge in [-0.3, -0.25) is 14.7 Å². The standard InChI is InChI=1S/C21H21N5O2/c22-12-15-4-1-2-5-16(15)14-26-19(27)21(25-20(26)28,17-7-10-23-11-8-17)18-6-3-9-24-13-18/h1-6,9,13,17,23H,7-8,10-11,14H2,(H,25,28)/t21-/m1/s1. The maximum Gasteiger partial charge on any atom is 0.325 e. The fourth-order valence-corrected chi connectivity index (χ4v) is 4.23. The van der Waals surface area contributed by atoms with Crippen LogP contribution in [-0.4, -0.2) is 34.9 Å². The first-order valence-corrected chi connectivity index (χ1v) is 9.40. The lowest BCUT2D eigenvalue weighted by Gasteiger charge is -2.37. The summed E-state index contributed by atoms with van der Waals surface area (Å²) in [4.78, 5) is 32.0. The van der Waals surface area contributed by atoms with E-state index in [0.29, 0.717) is 16.7 Å². The van der Waals surface area contributed by atoms with Gasteiger partial charge in [-0.25, -0.2) is 4.79 Å². The zero-order valence-electron chi connectivity index (χ0n) is 15.4. The molecule has 2 N–H and O–H groups in total. The molecule has 1 atom stereocenters. The van der Waals surface area contributed by atoms with Crippen molar-refractivity contribution >= 4 is 11.9 Å². The van der Waals surface area contributed by atoms with Gasteiger partial charge >= 0.3 is 6.03 Å². The van der Waals surface area contributed by atoms with Crippen molar-refractivity contribution in [3.8, 4) is 6.07 Å². The van der Waals surface area contributed by atoms with E-state index in [9.17, 15) is 14.9 Å². The Labute approximate surface area is 163 Å². The minimum atomic E-state index is -1.12. The number of hydrogen-bond donors (Lipinski definition) is 2. The molecule has 1 aromatic heterocycles. The SMILES string of the molecule is N#Cc1ccccc1CN1C(=O)N[C@@](c2cccnc2)(C2CCNCC2)C1=O. The second kappa shape index (κ2) is 7.41. The van der Waals surface area contributed by atoms with Crippen molar-refractivity contribution in [2.75, 3.05) is 13.1 Å². The minimum absolute atomic E-state index is 0.0226. The van der Waals surface area contributed by atoms with E-state index in [2.05, 4.69) is 21.7 Å². The molecule has 0 bridgehead atoms. The molecule has 142 valence electrons. The van der Waals surface area contributed by atoms with Crippen molar-refractivity contribution in [3.63, 3.8) is 0 Å². The topological polar surface area (TPSA) is 98.1 Å². The maximum absolute atomic E-state index is 13.7. The first-order valence-electron chi connectivity index (χ1n) is 9.40. The van der Waals surface area contributed by atoms with E-state index in [1.165, 1.54) is 4.90 Å². The highest BCUT2D eigenvalue weighted by molar-refractivity contribution is 6.07. The lowest BCUT2D eigenvalue weighted by atomic mass is 9.74. The number of carbonyl (C=O) groups excluding carboxylic acids is 2. The van der Waals surface area contributed by atoms with E-state index in [1.807, 2.05) is 6.07 Å². The van der Waals surface area contributed by atoms with Crippen LogP contribution >= 0.6 is 0 Å². The first kappa shape index (κ1) is 18.1. The van der Waals surface area contributed by atoms with Crippen LogP contribution in [0.1, 0.15) is 29.5 Å². The number of hydrogen-bond acceptors (Lipinski definition) is 5. The number of piperidine rings is 1. The molecule has 1 aromatic carbocycles. The van der Waals surface area contributed by atoms with Gasteiger partial charge < -0.3 is 10.6 Å². The van der Waals surface area contributed by atoms with Crippen molar-refractivity contribution in [1.29, 1.82) is 5.26 Å². The highest BCUT2D eigenvalue weighted by Gasteiger charge is 2.56. The number of urea groups is 1. The summed E-state index contributed by atoms with van der Waals surface area (Å²) in [5, 5.41) is 15.6. The van der Waals surface area contributed by atoms with Crippen LogP contribution in [-0.2, 0) is 16.9 Å². The second-order valence-electron chi connectivity index (χ2n) is 7.16. The van der Waals surface area contributed by atoms with Gasteiger partial charge in [-0.15, -0.1) is 0 Å². The van der Waals surface area contributed by atoms with Gasteiger partial charge in [0.05, 0.1) is 18.2 Å². The predicted octanol–water partition coefficient (Wildman–Crippen LogP) is 1.90. The summed E-state index contributed by atoms with van der Waals surface area (Å²) >= 11 is 0. The molecule has 0 unspecified atom stereocenters. The van der Waals surface area contributed by atoms with Crippen molar-refractivity contribution < 1.29 is 9.59 Å². The fourth-order valence-electron chi connectivity index (χ4n) is 4.23. The molecule has 2 aliphatic rings. The fraction of sp³-hybridized carbons (Fsp3) is 0.333. The van der Waals surface area contributed by atoms with Crippen molar-refractivity contribution in [2.45, 2.75) is 24.9 Å². The highest BCUT2D eigenvalue weighted by Crippen LogP contribution is 2.40. The highest BCUT2D eigenvalue weighted by atomic mass is 16.2. The average Bonchev–Trinajstić information content (AvgIpc) is 3.01. The molecule has 4 rings (SSSR count). The maximum atomic E-state index is 13.7. The lowest BCUT2D eigenvalue weighted by Crippen LogP contribution is -2.53. The number of carbonyl (C=O) groups is 2. The number of nitriles is 1. The van der Waals surface area contributed by atoms with Crippen LogP contribution in [0.5, 0.6) is 0 Å². The van der Waals surface area contributed by atoms with E-state index in [0.717, 1.165) is 25.9 Å². The summed E-state index contributed by atoms with van der Waals surface area (Å²) in [6, 6.07) is 12.4. The minimum Gasteiger partial charge on any atom is -0.319 e. The summed E-state index contributed by atoms with van der Waals surface area (Å²) in [5.74, 6) is -0.296. The summed E-state index contributed by atoms with van der Waals surface area (Å²) in [7, 11) is 0. The molecule has 2 aromatic rings. The third kappa shape index (κ3) is 2.92. The zero-order valence-corrected chi connectivity index (χ0v) is 15.4. The number of amides is 3. The van der Waals surface area contributed by atoms with Gasteiger partial charge in [0, 0.05) is 18.0 Å². The largest absolute Gasteiger partial charge is 0.325 e. The Kier molecular flexibility index (Phi) is 4.80. The summed E-state index contributed by atoms with van der Waals surface area (Å²) in [5.41, 5.74) is 0.704. The third-order valence-corrected chi connectivity index (χ3v) is 5.67. The summed E-state index contributed by atoms with van der Waals surface area (Å²) < 4.78 is 0. The average molecular weight is 375 g/mol. The Morgan fingerprint density at radius 3 is 2.68 bits per heavy atom. The Balaban J connectivity index is 1.73. The van der Waals surface area contributed by atoms with Crippen LogP contribution in [0.25, 0.3) is 0 Å². The van der Waals surface area contributed by atoms with E-state index < -0.39 is 11.6 Å². The molecular weight excluding hydrogens is 354 g/mol. The van der Waals surface area contributed by atoms with Gasteiger partial charge in [0.1, 0.15) is 0 Å². The van der Waals surface area contributed by atoms with Gasteiger partial charge in [0.15, 0.2) is 5.54 Å². The number of nitrogens with one attached hydrogen (secondary N) is 2. The quantitative estimate of drug-likeness (QED) is 0.796. The van der Waals surface area contributed by atoms with Crippen LogP contribution < -0.4 is 10.6 Å². The second-order valence-corrected chi connectivity index (χ2v) is 7.16. The molecule has 0 radical (unpaired) electrons. The van der Waals surface area contributed by atoms with Gasteiger partial charge in [-0.1, -0.05) is 24.3 Å². The van der Waals surface area contributed by atoms with Crippen LogP contribution in [0, 0.1) is 17.2 Å². The van der Waals surface area contributed by atoms with Crippen molar-refractivity contribution in [3.05, 3.63) is 65.5 Å². The third-order valence-electron chi connectivity index (χ3n) is 5.67. The van der Waals surface area contributed by atoms with Crippen LogP contribution in [0.15, 0.2) is 48.8 Å². The normalized spacial score (nSPS) is 22.8. The molecular formula is C21H21N5O2. The molecule has 2 fully saturated rings. The zero-order chi connectivity index (χ0) is 19.6. The smallest absolute Gasteiger partial charge is 0.319 e. The Bertz CT molecular complexity index is 933. The molecule has 28 heavy (non-hydrogen) atoms. The number of aromatic nitrogens is 1. The number of pyridine rings is 1. The number of nitrogens with zero attached hydrogens (tertiary/aromatic N) is 3. The molecule has 2 saturated heterocycles. The van der Waals surface area contributed by atoms with Crippen LogP contribution in [0.4, 0.5) is 4.79 Å². The number of rotatable bonds is 4. The monoisotopic (exact) mass is 375 g/mol. The lowest BCUT2D eigenvalue weighted by molar-refractivity contribution is -0.134. The number of benzene rings is 1. The molecule has 2 aliphatic heterocycles. The Morgan fingerprint density at radius 1 is 1.18 bits per heavy atom. The summed E-state index contributed by atoms with van der Waals surface area (Å²) in [6.45, 7) is 1.67. The molecule has 0 aliphatic carbocycles. The van der Waals surface area contributed by atoms with Crippen LogP contribution in [0.3, 0.4) is 0 Å². The molecule has 0 spiro atoms. The van der Waals surface area contributed by atoms with Gasteiger partial charge in [0.25, 0.3) is 5.91 Å². The molecule has 3 amide bonds. The van der Waals surface area contributed by atoms with Crippen molar-refractivity contribution in [1.82, 2.24) is 20.5 Å². The number of imide groups is 1. The van der Waals surface area contributed by atoms with Gasteiger partial charge in [0.2, 0.25) is 0 Å². The summed E-state index contributed by atoms with van der Waals surface area (Å²) in [6.07, 6.45) is 4.88. The molecule has 3 heterocycles. The van der Waals surface area contributed by atoms with Crippen molar-refractivity contribution in [2.24, 2.45) is 5.92 Å². The van der Waals surface area contributed by atoms with Crippen LogP contribution in [0.2, 0.25) is 0 Å². The van der Waals surface area contributed by atoms with E-state index in [1.54, 1.807) is 42.7 Å². The van der Waals surface area contributed by atoms with E-state index in [4.69, 9.17) is 0 Å². The van der Waals surface area contributed by atoms with Gasteiger partial charge in [-0.2, -0.15) is 5.26 Å². The molecule has 7 nitrogen and oxygen atoms in total. The Morgan fingerprint density at radius 2 is 1.96 bits per heavy atom. The Hall–Kier alpha value is -3.24. The van der Waals surface area contributed by atoms with E-state index >= 15 is 0 Å². The predicted molar refractivity (Wildman–Crippen MR) is 102 cm³/mol. The van der Waals surface area contributed by atoms with Gasteiger partial charge in [-0.05, 0) is 49.5 Å². The first-order chi connectivity index (χ1) is 13.7.